The van der Waals surface area contributed by atoms with Gasteiger partial charge < -0.3 is 14.8 Å². The molecule has 1 heterocycles. The van der Waals surface area contributed by atoms with Gasteiger partial charge in [-0.1, -0.05) is 0 Å². The molecule has 4 nitrogen and oxygen atoms in total. The highest BCUT2D eigenvalue weighted by Gasteiger charge is 2.32. The number of rotatable bonds is 2. The Morgan fingerprint density at radius 3 is 2.57 bits per heavy atom. The highest BCUT2D eigenvalue weighted by atomic mass is 16.5. The van der Waals surface area contributed by atoms with Crippen LogP contribution in [0, 0.1) is 0 Å². The number of esters is 1. The highest BCUT2D eigenvalue weighted by Crippen LogP contribution is 2.18. The van der Waals surface area contributed by atoms with E-state index >= 15 is 0 Å². The fourth-order valence-electron chi connectivity index (χ4n) is 1.61. The molecule has 0 aromatic carbocycles. The molecule has 1 fully saturated rings. The molecule has 0 aromatic heterocycles. The van der Waals surface area contributed by atoms with Crippen molar-refractivity contribution in [1.82, 2.24) is 5.32 Å². The standard InChI is InChI=1S/C10H19NO3/c1-10(2,3)14-7-5-8(11-6-7)9(12)13-4/h7-8,11H,5-6H2,1-4H3/t7-,8-/m1/s1. The SMILES string of the molecule is COC(=O)[C@H]1C[C@@H](OC(C)(C)C)CN1. The van der Waals surface area contributed by atoms with Gasteiger partial charge in [0.15, 0.2) is 0 Å². The Kier molecular flexibility index (Phi) is 3.50. The van der Waals surface area contributed by atoms with Gasteiger partial charge in [-0.2, -0.15) is 0 Å². The maximum atomic E-state index is 11.2. The first-order chi connectivity index (χ1) is 6.42. The number of nitrogens with one attached hydrogen (secondary N) is 1. The second kappa shape index (κ2) is 4.28. The van der Waals surface area contributed by atoms with Crippen molar-refractivity contribution in [3.63, 3.8) is 0 Å². The van der Waals surface area contributed by atoms with Crippen LogP contribution in [-0.4, -0.2) is 37.4 Å². The normalized spacial score (nSPS) is 27.7. The van der Waals surface area contributed by atoms with Gasteiger partial charge >= 0.3 is 5.97 Å². The third-order valence-electron chi connectivity index (χ3n) is 2.10. The molecule has 0 aliphatic carbocycles. The van der Waals surface area contributed by atoms with Crippen LogP contribution in [0.3, 0.4) is 0 Å². The lowest BCUT2D eigenvalue weighted by Crippen LogP contribution is -2.31. The lowest BCUT2D eigenvalue weighted by atomic mass is 10.1. The predicted molar refractivity (Wildman–Crippen MR) is 53.0 cm³/mol. The second-order valence-electron chi connectivity index (χ2n) is 4.57. The highest BCUT2D eigenvalue weighted by molar-refractivity contribution is 5.76. The molecular formula is C10H19NO3. The monoisotopic (exact) mass is 201 g/mol. The van der Waals surface area contributed by atoms with E-state index < -0.39 is 0 Å². The van der Waals surface area contributed by atoms with E-state index in [-0.39, 0.29) is 23.7 Å². The van der Waals surface area contributed by atoms with E-state index in [0.29, 0.717) is 6.42 Å². The molecule has 0 amide bonds. The van der Waals surface area contributed by atoms with E-state index in [2.05, 4.69) is 10.1 Å². The topological polar surface area (TPSA) is 47.6 Å². The predicted octanol–water partition coefficient (Wildman–Crippen LogP) is 0.705. The van der Waals surface area contributed by atoms with Gasteiger partial charge in [-0.15, -0.1) is 0 Å². The Labute approximate surface area is 85.0 Å². The van der Waals surface area contributed by atoms with Crippen LogP contribution < -0.4 is 5.32 Å². The summed E-state index contributed by atoms with van der Waals surface area (Å²) < 4.78 is 10.4. The van der Waals surface area contributed by atoms with Crippen molar-refractivity contribution in [2.75, 3.05) is 13.7 Å². The Hall–Kier alpha value is -0.610. The average Bonchev–Trinajstić information content (AvgIpc) is 2.48. The molecule has 0 radical (unpaired) electrons. The molecule has 2 atom stereocenters. The van der Waals surface area contributed by atoms with Crippen molar-refractivity contribution < 1.29 is 14.3 Å². The quantitative estimate of drug-likeness (QED) is 0.668. The minimum atomic E-state index is -0.204. The van der Waals surface area contributed by atoms with Gasteiger partial charge in [-0.25, -0.2) is 0 Å². The maximum Gasteiger partial charge on any atom is 0.322 e. The molecule has 1 aliphatic heterocycles. The van der Waals surface area contributed by atoms with Crippen molar-refractivity contribution in [2.24, 2.45) is 0 Å². The van der Waals surface area contributed by atoms with Crippen LogP contribution in [-0.2, 0) is 14.3 Å². The summed E-state index contributed by atoms with van der Waals surface area (Å²) in [6, 6.07) is -0.202. The Bertz CT molecular complexity index is 210. The molecule has 1 aliphatic rings. The Morgan fingerprint density at radius 2 is 2.07 bits per heavy atom. The van der Waals surface area contributed by atoms with Crippen LogP contribution in [0.15, 0.2) is 0 Å². The molecule has 0 saturated carbocycles. The van der Waals surface area contributed by atoms with Gasteiger partial charge in [0, 0.05) is 13.0 Å². The van der Waals surface area contributed by atoms with E-state index in [0.717, 1.165) is 6.54 Å². The molecule has 4 heteroatoms. The summed E-state index contributed by atoms with van der Waals surface area (Å²) in [7, 11) is 1.40. The van der Waals surface area contributed by atoms with Crippen molar-refractivity contribution in [2.45, 2.75) is 44.9 Å². The van der Waals surface area contributed by atoms with Crippen LogP contribution >= 0.6 is 0 Å². The van der Waals surface area contributed by atoms with E-state index in [9.17, 15) is 4.79 Å². The summed E-state index contributed by atoms with van der Waals surface area (Å²) in [4.78, 5) is 11.2. The fourth-order valence-corrected chi connectivity index (χ4v) is 1.61. The molecular weight excluding hydrogens is 182 g/mol. The molecule has 82 valence electrons. The Morgan fingerprint density at radius 1 is 1.43 bits per heavy atom. The van der Waals surface area contributed by atoms with Gasteiger partial charge in [-0.3, -0.25) is 4.79 Å². The third-order valence-corrected chi connectivity index (χ3v) is 2.10. The number of methoxy groups -OCH3 is 1. The molecule has 14 heavy (non-hydrogen) atoms. The van der Waals surface area contributed by atoms with E-state index in [1.807, 2.05) is 20.8 Å². The summed E-state index contributed by atoms with van der Waals surface area (Å²) in [6.45, 7) is 6.76. The minimum Gasteiger partial charge on any atom is -0.468 e. The second-order valence-corrected chi connectivity index (χ2v) is 4.57. The van der Waals surface area contributed by atoms with Gasteiger partial charge in [0.05, 0.1) is 18.8 Å². The van der Waals surface area contributed by atoms with Crippen LogP contribution in [0.1, 0.15) is 27.2 Å². The number of carbonyl (C=O) groups excluding carboxylic acids is 1. The zero-order valence-electron chi connectivity index (χ0n) is 9.29. The van der Waals surface area contributed by atoms with Gasteiger partial charge in [-0.05, 0) is 20.8 Å². The molecule has 0 unspecified atom stereocenters. The Balaban J connectivity index is 2.38. The lowest BCUT2D eigenvalue weighted by molar-refractivity contribution is -0.143. The first kappa shape index (κ1) is 11.5. The lowest BCUT2D eigenvalue weighted by Gasteiger charge is -2.24. The number of carbonyl (C=O) groups is 1. The fraction of sp³-hybridized carbons (Fsp3) is 0.900. The summed E-state index contributed by atoms with van der Waals surface area (Å²) in [6.07, 6.45) is 0.809. The summed E-state index contributed by atoms with van der Waals surface area (Å²) in [5.41, 5.74) is -0.155. The van der Waals surface area contributed by atoms with Gasteiger partial charge in [0.2, 0.25) is 0 Å². The zero-order valence-corrected chi connectivity index (χ0v) is 9.29. The van der Waals surface area contributed by atoms with Crippen molar-refractivity contribution in [3.8, 4) is 0 Å². The number of hydrogen-bond donors (Lipinski definition) is 1. The number of hydrogen-bond acceptors (Lipinski definition) is 4. The van der Waals surface area contributed by atoms with E-state index in [1.165, 1.54) is 7.11 Å². The van der Waals surface area contributed by atoms with E-state index in [1.54, 1.807) is 0 Å². The first-order valence-corrected chi connectivity index (χ1v) is 4.91. The summed E-state index contributed by atoms with van der Waals surface area (Å²) in [5.74, 6) is -0.204. The zero-order chi connectivity index (χ0) is 10.8. The smallest absolute Gasteiger partial charge is 0.322 e. The van der Waals surface area contributed by atoms with Crippen molar-refractivity contribution in [3.05, 3.63) is 0 Å². The average molecular weight is 201 g/mol. The van der Waals surface area contributed by atoms with Crippen molar-refractivity contribution in [1.29, 1.82) is 0 Å². The van der Waals surface area contributed by atoms with Crippen molar-refractivity contribution >= 4 is 5.97 Å². The summed E-state index contributed by atoms with van der Waals surface area (Å²) in [5, 5.41) is 3.08. The first-order valence-electron chi connectivity index (χ1n) is 4.91. The molecule has 0 aromatic rings. The van der Waals surface area contributed by atoms with E-state index in [4.69, 9.17) is 4.74 Å². The molecule has 0 bridgehead atoms. The molecule has 0 spiro atoms. The maximum absolute atomic E-state index is 11.2. The van der Waals surface area contributed by atoms with Crippen LogP contribution in [0.4, 0.5) is 0 Å². The molecule has 1 saturated heterocycles. The van der Waals surface area contributed by atoms with Gasteiger partial charge in [0.1, 0.15) is 6.04 Å². The van der Waals surface area contributed by atoms with Gasteiger partial charge in [0.25, 0.3) is 0 Å². The van der Waals surface area contributed by atoms with Crippen LogP contribution in [0.25, 0.3) is 0 Å². The van der Waals surface area contributed by atoms with Crippen LogP contribution in [0.2, 0.25) is 0 Å². The largest absolute Gasteiger partial charge is 0.468 e. The molecule has 1 N–H and O–H groups in total. The molecule has 1 rings (SSSR count). The summed E-state index contributed by atoms with van der Waals surface area (Å²) >= 11 is 0. The number of ether oxygens (including phenoxy) is 2. The minimum absolute atomic E-state index is 0.110. The third kappa shape index (κ3) is 3.27. The van der Waals surface area contributed by atoms with Crippen LogP contribution in [0.5, 0.6) is 0 Å².